The van der Waals surface area contributed by atoms with E-state index in [9.17, 15) is 22.7 Å². The van der Waals surface area contributed by atoms with Crippen LogP contribution in [0.5, 0.6) is 5.88 Å². The van der Waals surface area contributed by atoms with Crippen LogP contribution in [0, 0.1) is 11.7 Å². The molecule has 1 aliphatic heterocycles. The summed E-state index contributed by atoms with van der Waals surface area (Å²) in [4.78, 5) is 23.4. The first-order valence-corrected chi connectivity index (χ1v) is 13.2. The summed E-state index contributed by atoms with van der Waals surface area (Å²) in [7, 11) is -0.761. The minimum Gasteiger partial charge on any atom is -0.472 e. The summed E-state index contributed by atoms with van der Waals surface area (Å²) < 4.78 is 48.9. The van der Waals surface area contributed by atoms with E-state index in [-0.39, 0.29) is 48.0 Å². The van der Waals surface area contributed by atoms with Gasteiger partial charge in [0.25, 0.3) is 15.9 Å². The number of hydrogen-bond acceptors (Lipinski definition) is 7. The maximum atomic E-state index is 13.8. The van der Waals surface area contributed by atoms with E-state index in [0.29, 0.717) is 11.1 Å². The van der Waals surface area contributed by atoms with E-state index in [2.05, 4.69) is 9.97 Å². The summed E-state index contributed by atoms with van der Waals surface area (Å²) in [6.45, 7) is 3.50. The molecule has 4 rings (SSSR count). The number of aromatic nitrogens is 3. The van der Waals surface area contributed by atoms with Gasteiger partial charge in [-0.05, 0) is 30.7 Å². The van der Waals surface area contributed by atoms with Crippen molar-refractivity contribution in [1.29, 1.82) is 0 Å². The van der Waals surface area contributed by atoms with Gasteiger partial charge in [0.05, 0.1) is 25.5 Å². The molecule has 0 saturated heterocycles. The molecule has 0 spiro atoms. The number of ether oxygens (including phenoxy) is 1. The van der Waals surface area contributed by atoms with Crippen LogP contribution in [-0.2, 0) is 17.1 Å². The van der Waals surface area contributed by atoms with Crippen LogP contribution >= 0.6 is 0 Å². The van der Waals surface area contributed by atoms with Crippen LogP contribution in [0.15, 0.2) is 54.1 Å². The van der Waals surface area contributed by atoms with E-state index in [1.165, 1.54) is 47.1 Å². The number of aliphatic hydroxyl groups is 1. The molecular formula is C25H30FN5O5S. The number of imidazole rings is 1. The maximum Gasteiger partial charge on any atom is 0.261 e. The average molecular weight is 532 g/mol. The Kier molecular flexibility index (Phi) is 7.62. The van der Waals surface area contributed by atoms with E-state index in [1.54, 1.807) is 36.7 Å². The van der Waals surface area contributed by atoms with Crippen LogP contribution in [0.2, 0.25) is 0 Å². The highest BCUT2D eigenvalue weighted by molar-refractivity contribution is 7.89. The van der Waals surface area contributed by atoms with Gasteiger partial charge in [0, 0.05) is 44.5 Å². The van der Waals surface area contributed by atoms with Gasteiger partial charge in [-0.15, -0.1) is 0 Å². The van der Waals surface area contributed by atoms with Crippen LogP contribution in [-0.4, -0.2) is 82.1 Å². The first kappa shape index (κ1) is 26.7. The number of hydrogen-bond donors (Lipinski definition) is 1. The van der Waals surface area contributed by atoms with Gasteiger partial charge in [0.1, 0.15) is 17.5 Å². The molecule has 0 bridgehead atoms. The third-order valence-electron chi connectivity index (χ3n) is 6.47. The summed E-state index contributed by atoms with van der Waals surface area (Å²) in [5.74, 6) is -1.08. The Morgan fingerprint density at radius 2 is 2.03 bits per heavy atom. The monoisotopic (exact) mass is 531 g/mol. The van der Waals surface area contributed by atoms with E-state index < -0.39 is 28.0 Å². The van der Waals surface area contributed by atoms with Crippen molar-refractivity contribution in [3.8, 4) is 17.0 Å². The molecule has 3 atom stereocenters. The van der Waals surface area contributed by atoms with Crippen LogP contribution in [0.25, 0.3) is 11.1 Å². The van der Waals surface area contributed by atoms with Crippen molar-refractivity contribution in [2.75, 3.05) is 26.7 Å². The van der Waals surface area contributed by atoms with E-state index in [0.717, 1.165) is 0 Å². The second kappa shape index (κ2) is 10.6. The highest BCUT2D eigenvalue weighted by Gasteiger charge is 2.36. The Morgan fingerprint density at radius 1 is 1.27 bits per heavy atom. The number of halogens is 1. The molecule has 3 aromatic rings. The lowest BCUT2D eigenvalue weighted by molar-refractivity contribution is 0.0373. The van der Waals surface area contributed by atoms with Gasteiger partial charge in [-0.1, -0.05) is 19.1 Å². The summed E-state index contributed by atoms with van der Waals surface area (Å²) >= 11 is 0. The number of fused-ring (bicyclic) bond motifs is 1. The van der Waals surface area contributed by atoms with Crippen molar-refractivity contribution in [2.24, 2.45) is 13.0 Å². The number of carbonyl (C=O) groups excluding carboxylic acids is 1. The van der Waals surface area contributed by atoms with Crippen LogP contribution in [0.4, 0.5) is 4.39 Å². The molecule has 0 aliphatic carbocycles. The highest BCUT2D eigenvalue weighted by Crippen LogP contribution is 2.31. The molecular weight excluding hydrogens is 501 g/mol. The van der Waals surface area contributed by atoms with Gasteiger partial charge in [0.2, 0.25) is 5.88 Å². The fourth-order valence-corrected chi connectivity index (χ4v) is 5.32. The number of nitrogens with zero attached hydrogens (tertiary/aromatic N) is 5. The smallest absolute Gasteiger partial charge is 0.261 e. The summed E-state index contributed by atoms with van der Waals surface area (Å²) in [5.41, 5.74) is 1.21. The Labute approximate surface area is 215 Å². The molecule has 2 aromatic heterocycles. The molecule has 0 unspecified atom stereocenters. The third-order valence-corrected chi connectivity index (χ3v) is 8.18. The number of carbonyl (C=O) groups is 1. The minimum atomic E-state index is -3.89. The predicted octanol–water partition coefficient (Wildman–Crippen LogP) is 2.16. The number of pyridine rings is 1. The largest absolute Gasteiger partial charge is 0.472 e. The number of aryl methyl sites for hydroxylation is 1. The quantitative estimate of drug-likeness (QED) is 0.496. The van der Waals surface area contributed by atoms with Gasteiger partial charge in [0.15, 0.2) is 5.03 Å². The molecule has 12 heteroatoms. The Hall–Kier alpha value is -3.35. The van der Waals surface area contributed by atoms with Crippen molar-refractivity contribution < 1.29 is 27.4 Å². The normalized spacial score (nSPS) is 19.2. The van der Waals surface area contributed by atoms with Crippen LogP contribution in [0.1, 0.15) is 24.2 Å². The topological polar surface area (TPSA) is 118 Å². The van der Waals surface area contributed by atoms with Gasteiger partial charge in [-0.3, -0.25) is 4.79 Å². The fourth-order valence-electron chi connectivity index (χ4n) is 4.18. The molecule has 3 heterocycles. The average Bonchev–Trinajstić information content (AvgIpc) is 3.32. The SMILES string of the molecule is C[C@H](CO)N1C[C@H](C)[C@H](CN(C)S(=O)(=O)c2cn(C)cn2)Oc2ncc(-c3cccc(F)c3)cc2C1=O. The van der Waals surface area contributed by atoms with Crippen molar-refractivity contribution in [1.82, 2.24) is 23.7 Å². The Balaban J connectivity index is 1.72. The lowest BCUT2D eigenvalue weighted by Crippen LogP contribution is -2.50. The van der Waals surface area contributed by atoms with Gasteiger partial charge < -0.3 is 19.3 Å². The molecule has 1 aromatic carbocycles. The van der Waals surface area contributed by atoms with Crippen LogP contribution in [0.3, 0.4) is 0 Å². The zero-order chi connectivity index (χ0) is 26.9. The molecule has 10 nitrogen and oxygen atoms in total. The number of sulfonamides is 1. The van der Waals surface area contributed by atoms with E-state index in [1.807, 2.05) is 6.92 Å². The zero-order valence-electron chi connectivity index (χ0n) is 21.1. The summed E-state index contributed by atoms with van der Waals surface area (Å²) in [6, 6.07) is 7.01. The first-order chi connectivity index (χ1) is 17.5. The Bertz CT molecular complexity index is 1400. The van der Waals surface area contributed by atoms with E-state index >= 15 is 0 Å². The molecule has 1 aliphatic rings. The lowest BCUT2D eigenvalue weighted by Gasteiger charge is -2.37. The molecule has 0 radical (unpaired) electrons. The molecule has 1 N–H and O–H groups in total. The molecule has 1 amide bonds. The lowest BCUT2D eigenvalue weighted by atomic mass is 9.99. The number of benzene rings is 1. The van der Waals surface area contributed by atoms with Crippen molar-refractivity contribution >= 4 is 15.9 Å². The number of amides is 1. The standard InChI is InChI=1S/C25H30FN5O5S/c1-16-11-31(17(2)14-32)25(33)21-9-19(18-6-5-7-20(26)8-18)10-27-24(21)36-22(16)12-30(4)37(34,35)23-13-29(3)15-28-23/h5-10,13,15-17,22,32H,11-12,14H2,1-4H3/t16-,17+,22-/m0/s1. The summed E-state index contributed by atoms with van der Waals surface area (Å²) in [5, 5.41) is 9.75. The van der Waals surface area contributed by atoms with Gasteiger partial charge in [-0.25, -0.2) is 22.8 Å². The second-order valence-corrected chi connectivity index (χ2v) is 11.4. The van der Waals surface area contributed by atoms with Crippen LogP contribution < -0.4 is 4.74 Å². The first-order valence-electron chi connectivity index (χ1n) is 11.8. The van der Waals surface area contributed by atoms with Crippen molar-refractivity contribution in [3.05, 3.63) is 60.4 Å². The molecule has 198 valence electrons. The number of likely N-dealkylation sites (N-methyl/N-ethyl adjacent to an activating group) is 1. The fraction of sp³-hybridized carbons (Fsp3) is 0.400. The minimum absolute atomic E-state index is 0.0254. The number of rotatable bonds is 7. The van der Waals surface area contributed by atoms with Gasteiger partial charge in [-0.2, -0.15) is 4.31 Å². The Morgan fingerprint density at radius 3 is 2.68 bits per heavy atom. The highest BCUT2D eigenvalue weighted by atomic mass is 32.2. The third kappa shape index (κ3) is 5.50. The zero-order valence-corrected chi connectivity index (χ0v) is 21.9. The van der Waals surface area contributed by atoms with Crippen molar-refractivity contribution in [3.63, 3.8) is 0 Å². The summed E-state index contributed by atoms with van der Waals surface area (Å²) in [6.07, 6.45) is 3.64. The predicted molar refractivity (Wildman–Crippen MR) is 134 cm³/mol. The number of aliphatic hydroxyl groups excluding tert-OH is 1. The second-order valence-electron chi connectivity index (χ2n) is 9.37. The van der Waals surface area contributed by atoms with Crippen molar-refractivity contribution in [2.45, 2.75) is 31.0 Å². The maximum absolute atomic E-state index is 13.8. The molecule has 0 saturated carbocycles. The van der Waals surface area contributed by atoms with Gasteiger partial charge >= 0.3 is 0 Å². The molecule has 37 heavy (non-hydrogen) atoms. The molecule has 0 fully saturated rings. The van der Waals surface area contributed by atoms with E-state index in [4.69, 9.17) is 4.74 Å².